The highest BCUT2D eigenvalue weighted by Gasteiger charge is 2.28. The van der Waals surface area contributed by atoms with Crippen LogP contribution in [0.15, 0.2) is 23.5 Å². The summed E-state index contributed by atoms with van der Waals surface area (Å²) in [6.45, 7) is 5.73. The molecule has 0 saturated heterocycles. The zero-order chi connectivity index (χ0) is 14.6. The van der Waals surface area contributed by atoms with Crippen LogP contribution in [0.4, 0.5) is 4.79 Å². The molecule has 0 radical (unpaired) electrons. The van der Waals surface area contributed by atoms with Crippen molar-refractivity contribution in [2.24, 2.45) is 16.3 Å². The van der Waals surface area contributed by atoms with E-state index in [0.717, 1.165) is 0 Å². The number of amides is 1. The van der Waals surface area contributed by atoms with Gasteiger partial charge in [-0.05, 0) is 17.5 Å². The van der Waals surface area contributed by atoms with Crippen LogP contribution in [0.5, 0.6) is 0 Å². The third-order valence-electron chi connectivity index (χ3n) is 2.62. The molecule has 0 aliphatic carbocycles. The average Bonchev–Trinajstić information content (AvgIpc) is 2.34. The molecule has 0 spiro atoms. The van der Waals surface area contributed by atoms with E-state index in [1.54, 1.807) is 12.1 Å². The molecular weight excluding hydrogens is 248 g/mol. The fourth-order valence-electron chi connectivity index (χ4n) is 1.64. The molecule has 1 rings (SSSR count). The third-order valence-corrected chi connectivity index (χ3v) is 2.62. The molecule has 1 aromatic heterocycles. The summed E-state index contributed by atoms with van der Waals surface area (Å²) in [5, 5.41) is 22.8. The predicted molar refractivity (Wildman–Crippen MR) is 70.1 cm³/mol. The number of nitrogens with two attached hydrogens (primary N) is 1. The number of amidine groups is 1. The summed E-state index contributed by atoms with van der Waals surface area (Å²) in [4.78, 5) is 15.0. The molecule has 7 heteroatoms. The fraction of sp³-hybridized carbons (Fsp3) is 0.417. The van der Waals surface area contributed by atoms with Gasteiger partial charge in [-0.25, -0.2) is 4.79 Å². The molecule has 0 fully saturated rings. The Bertz CT molecular complexity index is 477. The van der Waals surface area contributed by atoms with E-state index in [-0.39, 0.29) is 11.3 Å². The number of carbonyl (C=O) groups is 1. The Labute approximate surface area is 111 Å². The number of nitrogens with zero attached hydrogens (tertiary/aromatic N) is 2. The molecule has 1 amide bonds. The van der Waals surface area contributed by atoms with Crippen LogP contribution in [0.1, 0.15) is 38.1 Å². The van der Waals surface area contributed by atoms with Crippen molar-refractivity contribution in [1.29, 1.82) is 0 Å². The van der Waals surface area contributed by atoms with Crippen LogP contribution in [-0.2, 0) is 0 Å². The van der Waals surface area contributed by atoms with Crippen LogP contribution in [0.3, 0.4) is 0 Å². The third kappa shape index (κ3) is 3.84. The lowest BCUT2D eigenvalue weighted by Gasteiger charge is -2.30. The van der Waals surface area contributed by atoms with Gasteiger partial charge in [-0.15, -0.1) is 0 Å². The van der Waals surface area contributed by atoms with Crippen molar-refractivity contribution >= 4 is 11.9 Å². The topological polar surface area (TPSA) is 121 Å². The second-order valence-corrected chi connectivity index (χ2v) is 5.21. The maximum Gasteiger partial charge on any atom is 0.405 e. The minimum absolute atomic E-state index is 0.0439. The Balaban J connectivity index is 3.07. The first-order valence-electron chi connectivity index (χ1n) is 5.69. The number of carboxylic acid groups (broad SMARTS) is 1. The smallest absolute Gasteiger partial charge is 0.405 e. The first-order valence-corrected chi connectivity index (χ1v) is 5.69. The first kappa shape index (κ1) is 14.7. The second kappa shape index (κ2) is 5.55. The quantitative estimate of drug-likeness (QED) is 0.286. The normalized spacial score (nSPS) is 13.9. The van der Waals surface area contributed by atoms with Gasteiger partial charge in [0.1, 0.15) is 0 Å². The highest BCUT2D eigenvalue weighted by Crippen LogP contribution is 2.31. The molecule has 7 nitrogen and oxygen atoms in total. The van der Waals surface area contributed by atoms with Crippen molar-refractivity contribution in [2.45, 2.75) is 26.8 Å². The number of nitrogens with one attached hydrogen (secondary N) is 1. The van der Waals surface area contributed by atoms with Crippen LogP contribution in [0, 0.1) is 5.41 Å². The van der Waals surface area contributed by atoms with E-state index in [9.17, 15) is 4.79 Å². The number of hydrogen-bond donors (Lipinski definition) is 4. The van der Waals surface area contributed by atoms with E-state index in [0.29, 0.717) is 11.3 Å². The van der Waals surface area contributed by atoms with E-state index >= 15 is 0 Å². The average molecular weight is 266 g/mol. The first-order chi connectivity index (χ1) is 8.75. The van der Waals surface area contributed by atoms with Crippen molar-refractivity contribution in [2.75, 3.05) is 0 Å². The highest BCUT2D eigenvalue weighted by molar-refractivity contribution is 5.96. The van der Waals surface area contributed by atoms with Gasteiger partial charge in [-0.2, -0.15) is 0 Å². The van der Waals surface area contributed by atoms with Crippen molar-refractivity contribution in [3.8, 4) is 0 Å². The Morgan fingerprint density at radius 3 is 2.47 bits per heavy atom. The molecule has 104 valence electrons. The summed E-state index contributed by atoms with van der Waals surface area (Å²) in [6, 6.07) is 2.82. The summed E-state index contributed by atoms with van der Waals surface area (Å²) in [6.07, 6.45) is 0.328. The Morgan fingerprint density at radius 2 is 2.11 bits per heavy atom. The molecule has 1 unspecified atom stereocenters. The summed E-state index contributed by atoms with van der Waals surface area (Å²) in [5.74, 6) is -0.0439. The van der Waals surface area contributed by atoms with Crippen molar-refractivity contribution in [3.05, 3.63) is 29.6 Å². The molecule has 0 bridgehead atoms. The van der Waals surface area contributed by atoms with Gasteiger partial charge in [0.25, 0.3) is 0 Å². The van der Waals surface area contributed by atoms with Gasteiger partial charge in [0.2, 0.25) is 0 Å². The largest absolute Gasteiger partial charge is 0.465 e. The summed E-state index contributed by atoms with van der Waals surface area (Å²) in [5.41, 5.74) is 6.15. The highest BCUT2D eigenvalue weighted by atomic mass is 16.4. The monoisotopic (exact) mass is 266 g/mol. The minimum Gasteiger partial charge on any atom is -0.465 e. The van der Waals surface area contributed by atoms with E-state index in [1.807, 2.05) is 20.8 Å². The molecular formula is C12H18N4O3. The molecule has 1 aromatic rings. The predicted octanol–water partition coefficient (Wildman–Crippen LogP) is 1.53. The van der Waals surface area contributed by atoms with Gasteiger partial charge >= 0.3 is 6.09 Å². The Kier molecular flexibility index (Phi) is 4.31. The number of pyridine rings is 1. The van der Waals surface area contributed by atoms with Crippen LogP contribution in [0.25, 0.3) is 0 Å². The summed E-state index contributed by atoms with van der Waals surface area (Å²) in [7, 11) is 0. The van der Waals surface area contributed by atoms with E-state index in [4.69, 9.17) is 16.0 Å². The standard InChI is InChI=1S/C12H18N4O3/c1-12(2,3)9(15-11(17)18)8-5-4-7(6-14-8)10(13)16-19/h4-6,9,15,19H,1-3H3,(H2,13,16)(H,17,18). The Hall–Kier alpha value is -2.31. The van der Waals surface area contributed by atoms with Crippen LogP contribution < -0.4 is 11.1 Å². The van der Waals surface area contributed by atoms with E-state index < -0.39 is 12.1 Å². The van der Waals surface area contributed by atoms with Gasteiger partial charge in [0, 0.05) is 11.8 Å². The molecule has 5 N–H and O–H groups in total. The lowest BCUT2D eigenvalue weighted by molar-refractivity contribution is 0.174. The van der Waals surface area contributed by atoms with Crippen LogP contribution >= 0.6 is 0 Å². The Morgan fingerprint density at radius 1 is 1.47 bits per heavy atom. The maximum absolute atomic E-state index is 10.8. The molecule has 0 aliphatic heterocycles. The van der Waals surface area contributed by atoms with Crippen LogP contribution in [0.2, 0.25) is 0 Å². The van der Waals surface area contributed by atoms with Crippen molar-refractivity contribution in [3.63, 3.8) is 0 Å². The van der Waals surface area contributed by atoms with Gasteiger partial charge in [0.15, 0.2) is 5.84 Å². The second-order valence-electron chi connectivity index (χ2n) is 5.21. The zero-order valence-corrected chi connectivity index (χ0v) is 11.1. The van der Waals surface area contributed by atoms with Gasteiger partial charge in [0.05, 0.1) is 11.7 Å². The van der Waals surface area contributed by atoms with Gasteiger partial charge in [-0.1, -0.05) is 25.9 Å². The van der Waals surface area contributed by atoms with Crippen LogP contribution in [-0.4, -0.2) is 27.2 Å². The lowest BCUT2D eigenvalue weighted by Crippen LogP contribution is -2.36. The summed E-state index contributed by atoms with van der Waals surface area (Å²) < 4.78 is 0. The number of aromatic nitrogens is 1. The molecule has 0 aromatic carbocycles. The van der Waals surface area contributed by atoms with Crippen molar-refractivity contribution < 1.29 is 15.1 Å². The summed E-state index contributed by atoms with van der Waals surface area (Å²) >= 11 is 0. The van der Waals surface area contributed by atoms with Gasteiger partial charge < -0.3 is 21.4 Å². The van der Waals surface area contributed by atoms with Crippen molar-refractivity contribution in [1.82, 2.24) is 10.3 Å². The maximum atomic E-state index is 10.8. The minimum atomic E-state index is -1.11. The van der Waals surface area contributed by atoms with E-state index in [2.05, 4.69) is 15.5 Å². The zero-order valence-electron chi connectivity index (χ0n) is 11.1. The number of rotatable bonds is 3. The fourth-order valence-corrected chi connectivity index (χ4v) is 1.64. The SMILES string of the molecule is CC(C)(C)C(NC(=O)O)c1ccc(C(N)=NO)cn1. The molecule has 0 aliphatic rings. The number of hydrogen-bond acceptors (Lipinski definition) is 4. The molecule has 0 saturated carbocycles. The van der Waals surface area contributed by atoms with Gasteiger partial charge in [-0.3, -0.25) is 4.98 Å². The molecule has 1 atom stereocenters. The lowest BCUT2D eigenvalue weighted by atomic mass is 9.84. The molecule has 1 heterocycles. The van der Waals surface area contributed by atoms with E-state index in [1.165, 1.54) is 6.20 Å². The number of oxime groups is 1. The molecule has 19 heavy (non-hydrogen) atoms.